The van der Waals surface area contributed by atoms with Gasteiger partial charge in [0.15, 0.2) is 11.5 Å². The Morgan fingerprint density at radius 1 is 1.19 bits per heavy atom. The van der Waals surface area contributed by atoms with Crippen LogP contribution in [0.1, 0.15) is 70.3 Å². The third-order valence-electron chi connectivity index (χ3n) is 8.55. The van der Waals surface area contributed by atoms with Crippen molar-refractivity contribution in [2.24, 2.45) is 17.3 Å². The number of aliphatic hydroxyl groups excluding tert-OH is 2. The summed E-state index contributed by atoms with van der Waals surface area (Å²) in [5, 5.41) is 19.9. The van der Waals surface area contributed by atoms with E-state index in [1.165, 1.54) is 32.1 Å². The van der Waals surface area contributed by atoms with E-state index in [1.807, 2.05) is 25.1 Å². The zero-order chi connectivity index (χ0) is 22.9. The second kappa shape index (κ2) is 9.60. The largest absolute Gasteiger partial charge is 0.493 e. The van der Waals surface area contributed by atoms with Gasteiger partial charge in [-0.2, -0.15) is 0 Å². The third kappa shape index (κ3) is 4.49. The molecule has 6 atom stereocenters. The Bertz CT molecular complexity index is 811. The second-order valence-corrected chi connectivity index (χ2v) is 10.4. The van der Waals surface area contributed by atoms with Crippen LogP contribution in [-0.4, -0.2) is 60.0 Å². The van der Waals surface area contributed by atoms with Crippen LogP contribution in [0.4, 0.5) is 0 Å². The van der Waals surface area contributed by atoms with Crippen LogP contribution in [0, 0.1) is 17.3 Å². The molecule has 0 aromatic heterocycles. The molecule has 2 saturated carbocycles. The first-order valence-corrected chi connectivity index (χ1v) is 12.3. The Morgan fingerprint density at radius 2 is 1.94 bits per heavy atom. The summed E-state index contributed by atoms with van der Waals surface area (Å²) in [4.78, 5) is 13.9. The van der Waals surface area contributed by atoms with Gasteiger partial charge in [-0.1, -0.05) is 38.7 Å². The molecule has 178 valence electrons. The lowest BCUT2D eigenvalue weighted by atomic mass is 9.70. The Labute approximate surface area is 191 Å². The molecular formula is C26H39NO5. The lowest BCUT2D eigenvalue weighted by Gasteiger charge is -2.39. The molecule has 0 radical (unpaired) electrons. The summed E-state index contributed by atoms with van der Waals surface area (Å²) in [5.74, 6) is 2.78. The smallest absolute Gasteiger partial charge is 0.248 e. The fourth-order valence-electron chi connectivity index (χ4n) is 6.33. The molecule has 1 heterocycles. The summed E-state index contributed by atoms with van der Waals surface area (Å²) < 4.78 is 12.2. The Morgan fingerprint density at radius 3 is 2.62 bits per heavy atom. The van der Waals surface area contributed by atoms with Crippen molar-refractivity contribution < 1.29 is 24.5 Å². The van der Waals surface area contributed by atoms with E-state index >= 15 is 0 Å². The molecule has 6 nitrogen and oxygen atoms in total. The van der Waals surface area contributed by atoms with Crippen molar-refractivity contribution in [3.05, 3.63) is 23.8 Å². The number of ether oxygens (including phenoxy) is 2. The van der Waals surface area contributed by atoms with Crippen LogP contribution in [0.5, 0.6) is 11.5 Å². The summed E-state index contributed by atoms with van der Waals surface area (Å²) >= 11 is 0. The Kier molecular flexibility index (Phi) is 7.01. The highest BCUT2D eigenvalue weighted by Gasteiger charge is 2.48. The third-order valence-corrected chi connectivity index (χ3v) is 8.55. The number of aliphatic hydroxyl groups is 2. The van der Waals surface area contributed by atoms with Gasteiger partial charge < -0.3 is 24.6 Å². The minimum absolute atomic E-state index is 0.0552. The average Bonchev–Trinajstić information content (AvgIpc) is 3.17. The molecule has 32 heavy (non-hydrogen) atoms. The first-order chi connectivity index (χ1) is 15.4. The van der Waals surface area contributed by atoms with Gasteiger partial charge in [-0.3, -0.25) is 4.79 Å². The predicted molar refractivity (Wildman–Crippen MR) is 123 cm³/mol. The minimum Gasteiger partial charge on any atom is -0.493 e. The second-order valence-electron chi connectivity index (χ2n) is 10.4. The number of methoxy groups -OCH3 is 1. The van der Waals surface area contributed by atoms with Crippen molar-refractivity contribution in [3.8, 4) is 11.5 Å². The van der Waals surface area contributed by atoms with Crippen LogP contribution < -0.4 is 9.47 Å². The number of fused-ring (bicyclic) bond motifs is 1. The quantitative estimate of drug-likeness (QED) is 0.697. The Hall–Kier alpha value is -1.79. The molecular weight excluding hydrogens is 406 g/mol. The standard InChI is InChI=1S/C26H39NO5/c1-17(29)26(2)16-27(25(30)15-28)14-22(26)20-9-11-23(31-3)24(13-20)32-21-10-8-18-6-4-5-7-19(18)12-21/h9,11,13,17-19,21-22,28-29H,4-8,10,12,14-16H2,1-3H3/t17-,18?,19?,21?,22?,26?/m1/s1. The molecule has 1 aromatic carbocycles. The number of nitrogens with zero attached hydrogens (tertiary/aromatic N) is 1. The summed E-state index contributed by atoms with van der Waals surface area (Å²) in [5.41, 5.74) is 0.528. The van der Waals surface area contributed by atoms with Crippen molar-refractivity contribution in [2.45, 2.75) is 76.9 Å². The number of benzene rings is 1. The summed E-state index contributed by atoms with van der Waals surface area (Å²) in [6, 6.07) is 6.00. The van der Waals surface area contributed by atoms with Crippen LogP contribution in [0.15, 0.2) is 18.2 Å². The molecule has 5 unspecified atom stereocenters. The van der Waals surface area contributed by atoms with E-state index in [4.69, 9.17) is 9.47 Å². The highest BCUT2D eigenvalue weighted by atomic mass is 16.5. The monoisotopic (exact) mass is 445 g/mol. The van der Waals surface area contributed by atoms with Gasteiger partial charge in [0.05, 0.1) is 19.3 Å². The van der Waals surface area contributed by atoms with E-state index in [2.05, 4.69) is 0 Å². The number of amides is 1. The van der Waals surface area contributed by atoms with Crippen molar-refractivity contribution in [3.63, 3.8) is 0 Å². The molecule has 0 bridgehead atoms. The van der Waals surface area contributed by atoms with E-state index in [0.717, 1.165) is 41.7 Å². The van der Waals surface area contributed by atoms with Crippen molar-refractivity contribution in [2.75, 3.05) is 26.8 Å². The van der Waals surface area contributed by atoms with Crippen molar-refractivity contribution >= 4 is 5.91 Å². The van der Waals surface area contributed by atoms with Gasteiger partial charge in [-0.05, 0) is 55.7 Å². The molecule has 1 aromatic rings. The van der Waals surface area contributed by atoms with Crippen LogP contribution >= 0.6 is 0 Å². The molecule has 2 aliphatic carbocycles. The molecule has 4 rings (SSSR count). The normalized spacial score (nSPS) is 33.5. The minimum atomic E-state index is -0.600. The SMILES string of the molecule is COc1ccc(C2CN(C(=O)CO)CC2(C)[C@@H](C)O)cc1OC1CCC2CCCCC2C1. The van der Waals surface area contributed by atoms with E-state index in [9.17, 15) is 15.0 Å². The highest BCUT2D eigenvalue weighted by molar-refractivity contribution is 5.77. The molecule has 3 aliphatic rings. The molecule has 1 amide bonds. The van der Waals surface area contributed by atoms with E-state index in [0.29, 0.717) is 13.1 Å². The molecule has 6 heteroatoms. The number of rotatable bonds is 6. The van der Waals surface area contributed by atoms with Crippen LogP contribution in [0.3, 0.4) is 0 Å². The number of hydrogen-bond acceptors (Lipinski definition) is 5. The van der Waals surface area contributed by atoms with Gasteiger partial charge in [0.1, 0.15) is 6.61 Å². The number of hydrogen-bond donors (Lipinski definition) is 2. The predicted octanol–water partition coefficient (Wildman–Crippen LogP) is 3.74. The summed E-state index contributed by atoms with van der Waals surface area (Å²) in [6.07, 6.45) is 8.47. The zero-order valence-corrected chi connectivity index (χ0v) is 19.8. The fourth-order valence-corrected chi connectivity index (χ4v) is 6.33. The van der Waals surface area contributed by atoms with Crippen molar-refractivity contribution in [1.82, 2.24) is 4.90 Å². The van der Waals surface area contributed by atoms with E-state index in [1.54, 1.807) is 18.9 Å². The van der Waals surface area contributed by atoms with E-state index < -0.39 is 18.1 Å². The van der Waals surface area contributed by atoms with Crippen LogP contribution in [0.2, 0.25) is 0 Å². The Balaban J connectivity index is 1.56. The van der Waals surface area contributed by atoms with Crippen LogP contribution in [0.25, 0.3) is 0 Å². The first kappa shape index (κ1) is 23.4. The first-order valence-electron chi connectivity index (χ1n) is 12.3. The van der Waals surface area contributed by atoms with Gasteiger partial charge >= 0.3 is 0 Å². The number of carbonyl (C=O) groups excluding carboxylic acids is 1. The van der Waals surface area contributed by atoms with Gasteiger partial charge in [-0.15, -0.1) is 0 Å². The van der Waals surface area contributed by atoms with Crippen molar-refractivity contribution in [1.29, 1.82) is 0 Å². The van der Waals surface area contributed by atoms with Gasteiger partial charge in [0.25, 0.3) is 0 Å². The zero-order valence-electron chi connectivity index (χ0n) is 19.8. The number of likely N-dealkylation sites (tertiary alicyclic amines) is 1. The van der Waals surface area contributed by atoms with Gasteiger partial charge in [0.2, 0.25) is 5.91 Å². The van der Waals surface area contributed by atoms with Gasteiger partial charge in [0, 0.05) is 24.4 Å². The maximum absolute atomic E-state index is 12.2. The van der Waals surface area contributed by atoms with Crippen LogP contribution in [-0.2, 0) is 4.79 Å². The molecule has 1 saturated heterocycles. The number of carbonyl (C=O) groups is 1. The lowest BCUT2D eigenvalue weighted by Crippen LogP contribution is -2.38. The topological polar surface area (TPSA) is 79.2 Å². The van der Waals surface area contributed by atoms with E-state index in [-0.39, 0.29) is 17.9 Å². The average molecular weight is 446 g/mol. The lowest BCUT2D eigenvalue weighted by molar-refractivity contribution is -0.133. The summed E-state index contributed by atoms with van der Waals surface area (Å²) in [7, 11) is 1.66. The molecule has 0 spiro atoms. The maximum atomic E-state index is 12.2. The molecule has 2 N–H and O–H groups in total. The molecule has 1 aliphatic heterocycles. The highest BCUT2D eigenvalue weighted by Crippen LogP contribution is 2.47. The molecule has 3 fully saturated rings. The fraction of sp³-hybridized carbons (Fsp3) is 0.731. The van der Waals surface area contributed by atoms with Gasteiger partial charge in [-0.25, -0.2) is 0 Å². The summed E-state index contributed by atoms with van der Waals surface area (Å²) in [6.45, 7) is 4.18. The maximum Gasteiger partial charge on any atom is 0.248 e.